The number of aromatic nitrogens is 1. The second kappa shape index (κ2) is 7.87. The van der Waals surface area contributed by atoms with E-state index in [9.17, 15) is 4.79 Å². The third-order valence-corrected chi connectivity index (χ3v) is 5.91. The molecule has 1 unspecified atom stereocenters. The molecule has 6 nitrogen and oxygen atoms in total. The minimum Gasteiger partial charge on any atom is -0.363 e. The second-order valence-electron chi connectivity index (χ2n) is 8.26. The van der Waals surface area contributed by atoms with Gasteiger partial charge in [-0.25, -0.2) is 9.99 Å². The summed E-state index contributed by atoms with van der Waals surface area (Å²) in [6.45, 7) is 2.13. The lowest BCUT2D eigenvalue weighted by Gasteiger charge is -2.23. The lowest BCUT2D eigenvalue weighted by molar-refractivity contribution is -0.112. The van der Waals surface area contributed by atoms with E-state index in [1.807, 2.05) is 30.3 Å². The lowest BCUT2D eigenvalue weighted by Crippen LogP contribution is -2.43. The summed E-state index contributed by atoms with van der Waals surface area (Å²) in [5, 5.41) is 9.36. The van der Waals surface area contributed by atoms with Crippen LogP contribution in [0.5, 0.6) is 0 Å². The first-order valence-electron chi connectivity index (χ1n) is 10.6. The van der Waals surface area contributed by atoms with E-state index in [1.165, 1.54) is 29.5 Å². The second-order valence-corrected chi connectivity index (χ2v) is 8.26. The predicted octanol–water partition coefficient (Wildman–Crippen LogP) is 3.71. The molecule has 1 atom stereocenters. The molecule has 2 aromatic carbocycles. The number of hydrazone groups is 1. The molecule has 1 aliphatic carbocycles. The number of hydrogen-bond acceptors (Lipinski definition) is 5. The maximum Gasteiger partial charge on any atom is 0.286 e. The number of nitrogens with zero attached hydrogens (tertiary/aromatic N) is 3. The van der Waals surface area contributed by atoms with Gasteiger partial charge in [0.2, 0.25) is 5.84 Å². The van der Waals surface area contributed by atoms with E-state index in [4.69, 9.17) is 5.73 Å². The van der Waals surface area contributed by atoms with Gasteiger partial charge in [-0.15, -0.1) is 5.10 Å². The Balaban J connectivity index is 1.49. The highest BCUT2D eigenvalue weighted by molar-refractivity contribution is 6.38. The number of rotatable bonds is 6. The quantitative estimate of drug-likeness (QED) is 0.648. The fraction of sp³-hybridized carbons (Fsp3) is 0.240. The first-order chi connectivity index (χ1) is 15.1. The third-order valence-electron chi connectivity index (χ3n) is 5.91. The van der Waals surface area contributed by atoms with Crippen molar-refractivity contribution in [3.8, 4) is 11.1 Å². The number of anilines is 1. The van der Waals surface area contributed by atoms with Gasteiger partial charge in [0.15, 0.2) is 5.82 Å². The summed E-state index contributed by atoms with van der Waals surface area (Å²) in [5.74, 6) is 0.949. The number of nitrogens with two attached hydrogens (primary N) is 1. The Labute approximate surface area is 181 Å². The van der Waals surface area contributed by atoms with Crippen molar-refractivity contribution in [1.82, 2.24) is 10.3 Å². The monoisotopic (exact) mass is 411 g/mol. The SMILES string of the molecule is Cc1ccc(C2CC2)cc1-c1ccnc(N2N=C(C(N)=O)NC2Cc2ccccc2)c1. The van der Waals surface area contributed by atoms with Gasteiger partial charge in [-0.2, -0.15) is 0 Å². The molecule has 3 N–H and O–H groups in total. The maximum atomic E-state index is 11.8. The Morgan fingerprint density at radius 1 is 1.13 bits per heavy atom. The van der Waals surface area contributed by atoms with Crippen LogP contribution in [0.25, 0.3) is 11.1 Å². The molecule has 1 fully saturated rings. The number of carbonyl (C=O) groups is 1. The molecule has 0 saturated heterocycles. The Morgan fingerprint density at radius 3 is 2.68 bits per heavy atom. The zero-order valence-electron chi connectivity index (χ0n) is 17.5. The van der Waals surface area contributed by atoms with Crippen molar-refractivity contribution in [3.63, 3.8) is 0 Å². The summed E-state index contributed by atoms with van der Waals surface area (Å²) in [4.78, 5) is 16.4. The van der Waals surface area contributed by atoms with E-state index in [2.05, 4.69) is 52.7 Å². The number of amides is 1. The molecule has 1 saturated carbocycles. The largest absolute Gasteiger partial charge is 0.363 e. The number of nitrogens with one attached hydrogen (secondary N) is 1. The summed E-state index contributed by atoms with van der Waals surface area (Å²) in [7, 11) is 0. The molecule has 0 bridgehead atoms. The Hall–Kier alpha value is -3.67. The van der Waals surface area contributed by atoms with Crippen molar-refractivity contribution < 1.29 is 4.79 Å². The van der Waals surface area contributed by atoms with Crippen LogP contribution in [0.1, 0.15) is 35.4 Å². The van der Waals surface area contributed by atoms with Crippen LogP contribution in [0.3, 0.4) is 0 Å². The first-order valence-corrected chi connectivity index (χ1v) is 10.6. The van der Waals surface area contributed by atoms with Gasteiger partial charge in [0, 0.05) is 12.6 Å². The van der Waals surface area contributed by atoms with Crippen LogP contribution in [-0.2, 0) is 11.2 Å². The fourth-order valence-electron chi connectivity index (χ4n) is 4.06. The van der Waals surface area contributed by atoms with Gasteiger partial charge in [0.25, 0.3) is 5.91 Å². The number of aryl methyl sites for hydroxylation is 1. The Kier molecular flexibility index (Phi) is 4.90. The molecule has 3 aromatic rings. The minimum atomic E-state index is -0.579. The number of benzene rings is 2. The Morgan fingerprint density at radius 2 is 1.94 bits per heavy atom. The molecule has 1 amide bonds. The zero-order valence-corrected chi connectivity index (χ0v) is 17.5. The molecular weight excluding hydrogens is 386 g/mol. The minimum absolute atomic E-state index is 0.153. The summed E-state index contributed by atoms with van der Waals surface area (Å²) in [6.07, 6.45) is 4.76. The van der Waals surface area contributed by atoms with Crippen LogP contribution < -0.4 is 16.1 Å². The zero-order chi connectivity index (χ0) is 21.4. The average Bonchev–Trinajstić information content (AvgIpc) is 3.55. The predicted molar refractivity (Wildman–Crippen MR) is 123 cm³/mol. The van der Waals surface area contributed by atoms with Crippen molar-refractivity contribution in [2.24, 2.45) is 10.8 Å². The number of pyridine rings is 1. The van der Waals surface area contributed by atoms with Crippen LogP contribution in [0.15, 0.2) is 72.0 Å². The van der Waals surface area contributed by atoms with E-state index in [0.29, 0.717) is 18.2 Å². The molecule has 6 heteroatoms. The Bertz CT molecular complexity index is 1150. The van der Waals surface area contributed by atoms with Gasteiger partial charge < -0.3 is 11.1 Å². The highest BCUT2D eigenvalue weighted by Crippen LogP contribution is 2.42. The van der Waals surface area contributed by atoms with Crippen molar-refractivity contribution in [1.29, 1.82) is 0 Å². The van der Waals surface area contributed by atoms with Gasteiger partial charge >= 0.3 is 0 Å². The van der Waals surface area contributed by atoms with Gasteiger partial charge in [0.05, 0.1) is 0 Å². The molecule has 2 heterocycles. The van der Waals surface area contributed by atoms with Gasteiger partial charge in [-0.3, -0.25) is 4.79 Å². The summed E-state index contributed by atoms with van der Waals surface area (Å²) in [5.41, 5.74) is 11.6. The van der Waals surface area contributed by atoms with Crippen LogP contribution >= 0.6 is 0 Å². The van der Waals surface area contributed by atoms with Crippen LogP contribution in [0.2, 0.25) is 0 Å². The van der Waals surface area contributed by atoms with Crippen molar-refractivity contribution in [3.05, 3.63) is 83.6 Å². The summed E-state index contributed by atoms with van der Waals surface area (Å²) < 4.78 is 0. The van der Waals surface area contributed by atoms with Crippen molar-refractivity contribution in [2.45, 2.75) is 38.3 Å². The molecule has 1 aromatic heterocycles. The maximum absolute atomic E-state index is 11.8. The normalized spacial score (nSPS) is 17.9. The molecule has 156 valence electrons. The van der Waals surface area contributed by atoms with E-state index < -0.39 is 5.91 Å². The highest BCUT2D eigenvalue weighted by atomic mass is 16.1. The molecule has 5 rings (SSSR count). The number of amidine groups is 1. The van der Waals surface area contributed by atoms with Gasteiger partial charge in [-0.05, 0) is 65.6 Å². The van der Waals surface area contributed by atoms with Crippen LogP contribution in [-0.4, -0.2) is 22.9 Å². The van der Waals surface area contributed by atoms with Crippen LogP contribution in [0.4, 0.5) is 5.82 Å². The van der Waals surface area contributed by atoms with E-state index >= 15 is 0 Å². The topological polar surface area (TPSA) is 83.6 Å². The molecule has 1 aliphatic heterocycles. The lowest BCUT2D eigenvalue weighted by atomic mass is 9.97. The van der Waals surface area contributed by atoms with Crippen molar-refractivity contribution >= 4 is 17.6 Å². The van der Waals surface area contributed by atoms with E-state index in [1.54, 1.807) is 11.2 Å². The van der Waals surface area contributed by atoms with Crippen molar-refractivity contribution in [2.75, 3.05) is 5.01 Å². The summed E-state index contributed by atoms with van der Waals surface area (Å²) >= 11 is 0. The number of hydrogen-bond donors (Lipinski definition) is 2. The molecule has 0 spiro atoms. The smallest absolute Gasteiger partial charge is 0.286 e. The first kappa shape index (κ1) is 19.3. The number of primary amides is 1. The van der Waals surface area contributed by atoms with E-state index in [0.717, 1.165) is 11.1 Å². The van der Waals surface area contributed by atoms with Crippen LogP contribution in [0, 0.1) is 6.92 Å². The third kappa shape index (κ3) is 4.01. The van der Waals surface area contributed by atoms with E-state index in [-0.39, 0.29) is 12.0 Å². The average molecular weight is 412 g/mol. The summed E-state index contributed by atoms with van der Waals surface area (Å²) in [6, 6.07) is 20.9. The highest BCUT2D eigenvalue weighted by Gasteiger charge is 2.30. The standard InChI is InChI=1S/C25H25N5O/c1-16-7-8-19(18-9-10-18)14-21(16)20-11-12-27-22(15-20)30-23(28-25(29-30)24(26)31)13-17-5-3-2-4-6-17/h2-8,11-12,14-15,18,23H,9-10,13H2,1H3,(H2,26,31)(H,28,29). The molecular formula is C25H25N5O. The molecule has 31 heavy (non-hydrogen) atoms. The number of carbonyl (C=O) groups excluding carboxylic acids is 1. The fourth-order valence-corrected chi connectivity index (χ4v) is 4.06. The molecule has 2 aliphatic rings. The van der Waals surface area contributed by atoms with Gasteiger partial charge in [0.1, 0.15) is 6.17 Å². The van der Waals surface area contributed by atoms with Gasteiger partial charge in [-0.1, -0.05) is 48.5 Å². The molecule has 0 radical (unpaired) electrons.